The smallest absolute Gasteiger partial charge is 0.0587 e. The van der Waals surface area contributed by atoms with Gasteiger partial charge in [0.25, 0.3) is 0 Å². The summed E-state index contributed by atoms with van der Waals surface area (Å²) in [6.07, 6.45) is 8.12. The minimum absolute atomic E-state index is 0.325. The van der Waals surface area contributed by atoms with E-state index in [9.17, 15) is 5.11 Å². The van der Waals surface area contributed by atoms with E-state index in [1.54, 1.807) is 0 Å². The van der Waals surface area contributed by atoms with Gasteiger partial charge in [-0.25, -0.2) is 0 Å². The Balaban J connectivity index is 1.72. The fourth-order valence-electron chi connectivity index (χ4n) is 2.71. The molecule has 2 heteroatoms. The third-order valence-electron chi connectivity index (χ3n) is 4.19. The van der Waals surface area contributed by atoms with Crippen LogP contribution in [0.4, 0.5) is 0 Å². The molecular formula is C13H25NO. The molecule has 88 valence electrons. The van der Waals surface area contributed by atoms with Crippen molar-refractivity contribution in [3.63, 3.8) is 0 Å². The van der Waals surface area contributed by atoms with Crippen LogP contribution in [-0.4, -0.2) is 24.3 Å². The normalized spacial score (nSPS) is 34.0. The van der Waals surface area contributed by atoms with Gasteiger partial charge < -0.3 is 10.4 Å². The van der Waals surface area contributed by atoms with Gasteiger partial charge in [0.2, 0.25) is 0 Å². The second kappa shape index (κ2) is 5.31. The summed E-state index contributed by atoms with van der Waals surface area (Å²) >= 11 is 0. The van der Waals surface area contributed by atoms with Crippen LogP contribution in [0.25, 0.3) is 0 Å². The van der Waals surface area contributed by atoms with E-state index in [2.05, 4.69) is 12.2 Å². The summed E-state index contributed by atoms with van der Waals surface area (Å²) in [4.78, 5) is 0. The molecule has 2 fully saturated rings. The maximum atomic E-state index is 9.41. The molecule has 0 saturated heterocycles. The van der Waals surface area contributed by atoms with Crippen molar-refractivity contribution in [1.82, 2.24) is 5.32 Å². The Morgan fingerprint density at radius 3 is 2.33 bits per heavy atom. The zero-order valence-corrected chi connectivity index (χ0v) is 9.91. The molecule has 0 amide bonds. The fraction of sp³-hybridized carbons (Fsp3) is 1.00. The molecule has 1 unspecified atom stereocenters. The van der Waals surface area contributed by atoms with Crippen LogP contribution in [0.1, 0.15) is 45.4 Å². The van der Waals surface area contributed by atoms with Crippen LogP contribution in [-0.2, 0) is 0 Å². The van der Waals surface area contributed by atoms with Crippen molar-refractivity contribution in [3.8, 4) is 0 Å². The van der Waals surface area contributed by atoms with Crippen LogP contribution >= 0.6 is 0 Å². The lowest BCUT2D eigenvalue weighted by Crippen LogP contribution is -2.41. The number of aliphatic hydroxyl groups excluding tert-OH is 1. The SMILES string of the molecule is CC1CCC(C(CO)NCC2CC2)CC1. The van der Waals surface area contributed by atoms with Gasteiger partial charge in [0.1, 0.15) is 0 Å². The first kappa shape index (κ1) is 11.4. The quantitative estimate of drug-likeness (QED) is 0.730. The monoisotopic (exact) mass is 211 g/mol. The van der Waals surface area contributed by atoms with E-state index in [0.29, 0.717) is 12.6 Å². The zero-order valence-electron chi connectivity index (χ0n) is 9.91. The molecule has 2 saturated carbocycles. The molecule has 0 aromatic carbocycles. The van der Waals surface area contributed by atoms with Crippen LogP contribution < -0.4 is 5.32 Å². The van der Waals surface area contributed by atoms with Gasteiger partial charge in [-0.15, -0.1) is 0 Å². The first-order chi connectivity index (χ1) is 7.29. The van der Waals surface area contributed by atoms with Crippen molar-refractivity contribution in [2.24, 2.45) is 17.8 Å². The summed E-state index contributed by atoms with van der Waals surface area (Å²) < 4.78 is 0. The van der Waals surface area contributed by atoms with Crippen molar-refractivity contribution in [2.45, 2.75) is 51.5 Å². The molecule has 2 aliphatic carbocycles. The molecule has 2 N–H and O–H groups in total. The van der Waals surface area contributed by atoms with Gasteiger partial charge in [0, 0.05) is 6.04 Å². The number of rotatable bonds is 5. The molecule has 15 heavy (non-hydrogen) atoms. The van der Waals surface area contributed by atoms with Crippen LogP contribution in [0.3, 0.4) is 0 Å². The second-order valence-electron chi connectivity index (χ2n) is 5.66. The summed E-state index contributed by atoms with van der Waals surface area (Å²) in [5.41, 5.74) is 0. The number of nitrogens with one attached hydrogen (secondary N) is 1. The lowest BCUT2D eigenvalue weighted by atomic mass is 9.79. The molecule has 0 aliphatic heterocycles. The topological polar surface area (TPSA) is 32.3 Å². The first-order valence-corrected chi connectivity index (χ1v) is 6.64. The van der Waals surface area contributed by atoms with Crippen molar-refractivity contribution in [1.29, 1.82) is 0 Å². The molecule has 0 spiro atoms. The van der Waals surface area contributed by atoms with Crippen molar-refractivity contribution in [3.05, 3.63) is 0 Å². The van der Waals surface area contributed by atoms with Crippen LogP contribution in [0, 0.1) is 17.8 Å². The Kier molecular flexibility index (Phi) is 4.04. The Hall–Kier alpha value is -0.0800. The average Bonchev–Trinajstić information content (AvgIpc) is 3.05. The highest BCUT2D eigenvalue weighted by atomic mass is 16.3. The molecule has 2 nitrogen and oxygen atoms in total. The van der Waals surface area contributed by atoms with Gasteiger partial charge in [-0.2, -0.15) is 0 Å². The molecule has 0 aromatic rings. The lowest BCUT2D eigenvalue weighted by Gasteiger charge is -2.32. The van der Waals surface area contributed by atoms with Gasteiger partial charge >= 0.3 is 0 Å². The van der Waals surface area contributed by atoms with E-state index in [1.807, 2.05) is 0 Å². The van der Waals surface area contributed by atoms with Gasteiger partial charge in [0.15, 0.2) is 0 Å². The molecular weight excluding hydrogens is 186 g/mol. The second-order valence-corrected chi connectivity index (χ2v) is 5.66. The van der Waals surface area contributed by atoms with E-state index in [4.69, 9.17) is 0 Å². The highest BCUT2D eigenvalue weighted by Crippen LogP contribution is 2.32. The maximum absolute atomic E-state index is 9.41. The zero-order chi connectivity index (χ0) is 10.7. The predicted octanol–water partition coefficient (Wildman–Crippen LogP) is 2.17. The van der Waals surface area contributed by atoms with Gasteiger partial charge in [-0.05, 0) is 50.0 Å². The van der Waals surface area contributed by atoms with Crippen LogP contribution in [0.2, 0.25) is 0 Å². The van der Waals surface area contributed by atoms with E-state index in [-0.39, 0.29) is 0 Å². The van der Waals surface area contributed by atoms with E-state index in [0.717, 1.165) is 24.3 Å². The summed E-state index contributed by atoms with van der Waals surface area (Å²) in [6.45, 7) is 3.81. The van der Waals surface area contributed by atoms with Crippen LogP contribution in [0.15, 0.2) is 0 Å². The molecule has 0 radical (unpaired) electrons. The summed E-state index contributed by atoms with van der Waals surface area (Å²) in [5, 5.41) is 13.0. The maximum Gasteiger partial charge on any atom is 0.0587 e. The molecule has 0 bridgehead atoms. The lowest BCUT2D eigenvalue weighted by molar-refractivity contribution is 0.157. The fourth-order valence-corrected chi connectivity index (χ4v) is 2.71. The molecule has 1 atom stereocenters. The number of aliphatic hydroxyl groups is 1. The standard InChI is InChI=1S/C13H25NO/c1-10-2-6-12(7-3-10)13(9-15)14-8-11-4-5-11/h10-15H,2-9H2,1H3. The Morgan fingerprint density at radius 1 is 1.13 bits per heavy atom. The summed E-state index contributed by atoms with van der Waals surface area (Å²) in [7, 11) is 0. The minimum Gasteiger partial charge on any atom is -0.395 e. The van der Waals surface area contributed by atoms with Gasteiger partial charge in [0.05, 0.1) is 6.61 Å². The number of hydrogen-bond donors (Lipinski definition) is 2. The first-order valence-electron chi connectivity index (χ1n) is 6.64. The van der Waals surface area contributed by atoms with Crippen LogP contribution in [0.5, 0.6) is 0 Å². The van der Waals surface area contributed by atoms with Gasteiger partial charge in [-0.3, -0.25) is 0 Å². The Morgan fingerprint density at radius 2 is 1.80 bits per heavy atom. The van der Waals surface area contributed by atoms with Crippen molar-refractivity contribution in [2.75, 3.05) is 13.2 Å². The third-order valence-corrected chi connectivity index (χ3v) is 4.19. The van der Waals surface area contributed by atoms with Crippen molar-refractivity contribution < 1.29 is 5.11 Å². The number of hydrogen-bond acceptors (Lipinski definition) is 2. The summed E-state index contributed by atoms with van der Waals surface area (Å²) in [5.74, 6) is 2.55. The average molecular weight is 211 g/mol. The highest BCUT2D eigenvalue weighted by Gasteiger charge is 2.27. The van der Waals surface area contributed by atoms with E-state index < -0.39 is 0 Å². The largest absolute Gasteiger partial charge is 0.395 e. The minimum atomic E-state index is 0.325. The Bertz CT molecular complexity index is 183. The van der Waals surface area contributed by atoms with Gasteiger partial charge in [-0.1, -0.05) is 19.8 Å². The predicted molar refractivity (Wildman–Crippen MR) is 62.7 cm³/mol. The molecule has 0 aromatic heterocycles. The Labute approximate surface area is 93.5 Å². The molecule has 2 rings (SSSR count). The van der Waals surface area contributed by atoms with E-state index in [1.165, 1.54) is 38.5 Å². The third kappa shape index (κ3) is 3.46. The summed E-state index contributed by atoms with van der Waals surface area (Å²) in [6, 6.07) is 0.373. The van der Waals surface area contributed by atoms with Crippen molar-refractivity contribution >= 4 is 0 Å². The molecule has 2 aliphatic rings. The molecule has 0 heterocycles. The highest BCUT2D eigenvalue weighted by molar-refractivity contribution is 4.83. The van der Waals surface area contributed by atoms with E-state index >= 15 is 0 Å².